The van der Waals surface area contributed by atoms with Crippen LogP contribution in [0.25, 0.3) is 0 Å². The molecule has 0 aliphatic carbocycles. The summed E-state index contributed by atoms with van der Waals surface area (Å²) in [7, 11) is -2.73. The monoisotopic (exact) mass is 269 g/mol. The van der Waals surface area contributed by atoms with E-state index in [9.17, 15) is 13.2 Å². The number of ether oxygens (including phenoxy) is 1. The number of nitrogens with zero attached hydrogens (tertiary/aromatic N) is 2. The molecule has 0 spiro atoms. The third-order valence-electron chi connectivity index (χ3n) is 2.28. The Kier molecular flexibility index (Phi) is 3.19. The van der Waals surface area contributed by atoms with E-state index in [4.69, 9.17) is 0 Å². The summed E-state index contributed by atoms with van der Waals surface area (Å²) >= 11 is 0. The van der Waals surface area contributed by atoms with Crippen molar-refractivity contribution in [2.75, 3.05) is 7.11 Å². The molecule has 96 valence electrons. The number of rotatable bonds is 2. The van der Waals surface area contributed by atoms with Gasteiger partial charge in [-0.2, -0.15) is 12.7 Å². The van der Waals surface area contributed by atoms with E-state index in [2.05, 4.69) is 9.73 Å². The van der Waals surface area contributed by atoms with E-state index in [0.717, 1.165) is 0 Å². The molecule has 1 aliphatic rings. The summed E-state index contributed by atoms with van der Waals surface area (Å²) in [5, 5.41) is 0. The maximum atomic E-state index is 11.8. The van der Waals surface area contributed by atoms with Crippen LogP contribution < -0.4 is 4.72 Å². The molecule has 2 amide bonds. The van der Waals surface area contributed by atoms with E-state index in [-0.39, 0.29) is 12.6 Å². The van der Waals surface area contributed by atoms with Gasteiger partial charge >= 0.3 is 22.3 Å². The molecule has 0 saturated carbocycles. The van der Waals surface area contributed by atoms with Gasteiger partial charge in [0.15, 0.2) is 0 Å². The maximum absolute atomic E-state index is 11.8. The van der Waals surface area contributed by atoms with Crippen LogP contribution in [-0.4, -0.2) is 31.9 Å². The lowest BCUT2D eigenvalue weighted by atomic mass is 10.2. The van der Waals surface area contributed by atoms with Crippen molar-refractivity contribution >= 4 is 22.3 Å². The highest BCUT2D eigenvalue weighted by molar-refractivity contribution is 7.88. The minimum absolute atomic E-state index is 0.0739. The Hall–Kier alpha value is -2.09. The number of amidine groups is 1. The average molecular weight is 269 g/mol. The van der Waals surface area contributed by atoms with Gasteiger partial charge in [-0.1, -0.05) is 30.3 Å². The highest BCUT2D eigenvalue weighted by atomic mass is 32.2. The number of amides is 2. The van der Waals surface area contributed by atoms with Crippen LogP contribution >= 0.6 is 0 Å². The minimum Gasteiger partial charge on any atom is -0.468 e. The lowest BCUT2D eigenvalue weighted by Crippen LogP contribution is -2.50. The van der Waals surface area contributed by atoms with Gasteiger partial charge in [0.2, 0.25) is 0 Å². The van der Waals surface area contributed by atoms with Crippen LogP contribution in [0.5, 0.6) is 0 Å². The number of methoxy groups -OCH3 is 1. The summed E-state index contributed by atoms with van der Waals surface area (Å²) in [5.74, 6) is 0. The SMILES string of the molecule is COC1=NC(=O)N(Cc2ccccc2)S(=O)(=O)N1. The zero-order valence-electron chi connectivity index (χ0n) is 9.53. The third-order valence-corrected chi connectivity index (χ3v) is 3.58. The van der Waals surface area contributed by atoms with Gasteiger partial charge in [-0.05, 0) is 5.56 Å². The molecule has 18 heavy (non-hydrogen) atoms. The second-order valence-electron chi connectivity index (χ2n) is 3.50. The van der Waals surface area contributed by atoms with E-state index in [1.165, 1.54) is 7.11 Å². The fraction of sp³-hybridized carbons (Fsp3) is 0.200. The van der Waals surface area contributed by atoms with Crippen molar-refractivity contribution in [1.82, 2.24) is 9.03 Å². The lowest BCUT2D eigenvalue weighted by Gasteiger charge is -2.24. The third kappa shape index (κ3) is 2.43. The van der Waals surface area contributed by atoms with Crippen molar-refractivity contribution in [3.8, 4) is 0 Å². The van der Waals surface area contributed by atoms with Crippen LogP contribution in [0, 0.1) is 0 Å². The molecule has 7 nitrogen and oxygen atoms in total. The lowest BCUT2D eigenvalue weighted by molar-refractivity contribution is 0.228. The summed E-state index contributed by atoms with van der Waals surface area (Å²) in [6.45, 7) is -0.0739. The van der Waals surface area contributed by atoms with E-state index in [1.54, 1.807) is 30.3 Å². The molecule has 1 aliphatic heterocycles. The summed E-state index contributed by atoms with van der Waals surface area (Å²) < 4.78 is 30.9. The summed E-state index contributed by atoms with van der Waals surface area (Å²) in [5.41, 5.74) is 0.687. The minimum atomic E-state index is -3.95. The van der Waals surface area contributed by atoms with Gasteiger partial charge in [0.25, 0.3) is 0 Å². The van der Waals surface area contributed by atoms with Crippen LogP contribution in [0.1, 0.15) is 5.56 Å². The van der Waals surface area contributed by atoms with Crippen molar-refractivity contribution in [2.45, 2.75) is 6.54 Å². The second kappa shape index (κ2) is 4.65. The first kappa shape index (κ1) is 12.4. The highest BCUT2D eigenvalue weighted by Crippen LogP contribution is 2.13. The Labute approximate surface area is 104 Å². The van der Waals surface area contributed by atoms with Crippen LogP contribution in [0.4, 0.5) is 4.79 Å². The predicted octanol–water partition coefficient (Wildman–Crippen LogP) is 0.459. The molecule has 8 heteroatoms. The van der Waals surface area contributed by atoms with E-state index in [1.807, 2.05) is 4.72 Å². The number of hydrogen-bond donors (Lipinski definition) is 1. The van der Waals surface area contributed by atoms with Crippen molar-refractivity contribution in [1.29, 1.82) is 0 Å². The number of carbonyl (C=O) groups excluding carboxylic acids is 1. The number of nitrogens with one attached hydrogen (secondary N) is 1. The molecule has 0 bridgehead atoms. The Balaban J connectivity index is 2.28. The molecule has 2 rings (SSSR count). The highest BCUT2D eigenvalue weighted by Gasteiger charge is 2.33. The molecular formula is C10H11N3O4S. The first-order valence-corrected chi connectivity index (χ1v) is 6.48. The molecule has 0 atom stereocenters. The van der Waals surface area contributed by atoms with Gasteiger partial charge in [-0.25, -0.2) is 9.52 Å². The van der Waals surface area contributed by atoms with E-state index >= 15 is 0 Å². The standard InChI is InChI=1S/C10H11N3O4S/c1-17-9-11-10(14)13(18(15,16)12-9)7-8-5-3-2-4-6-8/h2-6H,7H2,1H3,(H,11,12,14). The topological polar surface area (TPSA) is 88.1 Å². The first-order chi connectivity index (χ1) is 8.53. The van der Waals surface area contributed by atoms with E-state index in [0.29, 0.717) is 9.87 Å². The largest absolute Gasteiger partial charge is 0.468 e. The number of hydrogen-bond acceptors (Lipinski definition) is 4. The van der Waals surface area contributed by atoms with Gasteiger partial charge in [0.05, 0.1) is 13.7 Å². The second-order valence-corrected chi connectivity index (χ2v) is 5.10. The maximum Gasteiger partial charge on any atom is 0.363 e. The molecular weight excluding hydrogens is 258 g/mol. The molecule has 1 heterocycles. The van der Waals surface area contributed by atoms with Gasteiger partial charge in [-0.15, -0.1) is 4.99 Å². The predicted molar refractivity (Wildman–Crippen MR) is 63.9 cm³/mol. The quantitative estimate of drug-likeness (QED) is 0.844. The normalized spacial score (nSPS) is 17.9. The van der Waals surface area contributed by atoms with Gasteiger partial charge in [-0.3, -0.25) is 0 Å². The molecule has 1 N–H and O–H groups in total. The van der Waals surface area contributed by atoms with Crippen molar-refractivity contribution in [2.24, 2.45) is 4.99 Å². The Morgan fingerprint density at radius 1 is 1.33 bits per heavy atom. The molecule has 1 aromatic carbocycles. The van der Waals surface area contributed by atoms with Crippen molar-refractivity contribution in [3.63, 3.8) is 0 Å². The zero-order chi connectivity index (χ0) is 13.2. The van der Waals surface area contributed by atoms with Crippen LogP contribution in [-0.2, 0) is 21.5 Å². The molecule has 0 fully saturated rings. The Bertz CT molecular complexity index is 582. The van der Waals surface area contributed by atoms with Gasteiger partial charge in [0, 0.05) is 0 Å². The van der Waals surface area contributed by atoms with Crippen molar-refractivity contribution in [3.05, 3.63) is 35.9 Å². The van der Waals surface area contributed by atoms with Crippen LogP contribution in [0.3, 0.4) is 0 Å². The number of benzene rings is 1. The first-order valence-electron chi connectivity index (χ1n) is 5.04. The molecule has 0 radical (unpaired) electrons. The summed E-state index contributed by atoms with van der Waals surface area (Å²) in [6, 6.07) is 7.55. The smallest absolute Gasteiger partial charge is 0.363 e. The number of carbonyl (C=O) groups is 1. The summed E-state index contributed by atoms with van der Waals surface area (Å²) in [4.78, 5) is 15.1. The zero-order valence-corrected chi connectivity index (χ0v) is 10.3. The van der Waals surface area contributed by atoms with Crippen molar-refractivity contribution < 1.29 is 17.9 Å². The Morgan fingerprint density at radius 2 is 2.00 bits per heavy atom. The average Bonchev–Trinajstić information content (AvgIpc) is 2.34. The number of aliphatic imine (C=N–C) groups is 1. The van der Waals surface area contributed by atoms with Gasteiger partial charge in [0.1, 0.15) is 0 Å². The molecule has 0 aromatic heterocycles. The van der Waals surface area contributed by atoms with E-state index < -0.39 is 16.2 Å². The summed E-state index contributed by atoms with van der Waals surface area (Å²) in [6.07, 6.45) is 0. The fourth-order valence-electron chi connectivity index (χ4n) is 1.42. The fourth-order valence-corrected chi connectivity index (χ4v) is 2.45. The molecule has 0 unspecified atom stereocenters. The van der Waals surface area contributed by atoms with Gasteiger partial charge < -0.3 is 4.74 Å². The Morgan fingerprint density at radius 3 is 2.56 bits per heavy atom. The molecule has 1 aromatic rings. The molecule has 0 saturated heterocycles. The number of urea groups is 1. The van der Waals surface area contributed by atoms with Crippen LogP contribution in [0.2, 0.25) is 0 Å². The van der Waals surface area contributed by atoms with Crippen LogP contribution in [0.15, 0.2) is 35.3 Å².